The standard InChI is InChI=1S/C24H22F5N5O2/c25-23(26)8-12(9-23)22-32-10-14(19(34-22)11-1-3-13(4-2-11)24(27,28)29)16-7-17(35)18-15(33-16)5-6-31-20(18)21(30)36/h5-7,10-13H,1-4,8-9H2,(H2,30,36)(H,33,35). The highest BCUT2D eigenvalue weighted by Gasteiger charge is 2.48. The predicted molar refractivity (Wildman–Crippen MR) is 120 cm³/mol. The quantitative estimate of drug-likeness (QED) is 0.491. The van der Waals surface area contributed by atoms with Gasteiger partial charge in [-0.15, -0.1) is 0 Å². The van der Waals surface area contributed by atoms with Crippen LogP contribution in [0.4, 0.5) is 22.0 Å². The van der Waals surface area contributed by atoms with Gasteiger partial charge in [0.15, 0.2) is 5.43 Å². The van der Waals surface area contributed by atoms with Crippen LogP contribution in [0.3, 0.4) is 0 Å². The summed E-state index contributed by atoms with van der Waals surface area (Å²) in [5.41, 5.74) is 6.02. The molecule has 3 heterocycles. The van der Waals surface area contributed by atoms with Gasteiger partial charge in [-0.3, -0.25) is 14.6 Å². The molecule has 3 aromatic rings. The maximum atomic E-state index is 13.5. The molecule has 5 rings (SSSR count). The van der Waals surface area contributed by atoms with Gasteiger partial charge in [-0.05, 0) is 31.7 Å². The maximum absolute atomic E-state index is 13.5. The smallest absolute Gasteiger partial charge is 0.364 e. The Balaban J connectivity index is 1.58. The third-order valence-electron chi connectivity index (χ3n) is 7.13. The number of fused-ring (bicyclic) bond motifs is 1. The van der Waals surface area contributed by atoms with E-state index in [1.54, 1.807) is 0 Å². The Morgan fingerprint density at radius 1 is 1.08 bits per heavy atom. The van der Waals surface area contributed by atoms with Crippen molar-refractivity contribution < 1.29 is 26.7 Å². The lowest BCUT2D eigenvalue weighted by Gasteiger charge is -2.35. The molecule has 0 aliphatic heterocycles. The van der Waals surface area contributed by atoms with Gasteiger partial charge in [-0.2, -0.15) is 13.2 Å². The van der Waals surface area contributed by atoms with E-state index in [0.29, 0.717) is 17.0 Å². The van der Waals surface area contributed by atoms with E-state index in [1.807, 2.05) is 0 Å². The van der Waals surface area contributed by atoms with Gasteiger partial charge in [-0.25, -0.2) is 18.7 Å². The van der Waals surface area contributed by atoms with Crippen molar-refractivity contribution in [3.05, 3.63) is 52.0 Å². The number of carbonyl (C=O) groups excluding carboxylic acids is 1. The molecule has 190 valence electrons. The molecule has 12 heteroatoms. The number of aromatic amines is 1. The monoisotopic (exact) mass is 507 g/mol. The lowest BCUT2D eigenvalue weighted by atomic mass is 9.78. The highest BCUT2D eigenvalue weighted by molar-refractivity contribution is 6.03. The van der Waals surface area contributed by atoms with Gasteiger partial charge in [0.05, 0.1) is 28.2 Å². The van der Waals surface area contributed by atoms with Crippen LogP contribution in [0.2, 0.25) is 0 Å². The summed E-state index contributed by atoms with van der Waals surface area (Å²) < 4.78 is 66.6. The highest BCUT2D eigenvalue weighted by Crippen LogP contribution is 2.48. The summed E-state index contributed by atoms with van der Waals surface area (Å²) in [6.07, 6.45) is -2.03. The van der Waals surface area contributed by atoms with Crippen LogP contribution in [-0.2, 0) is 0 Å². The molecule has 1 amide bonds. The predicted octanol–water partition coefficient (Wildman–Crippen LogP) is 4.83. The first-order chi connectivity index (χ1) is 16.9. The summed E-state index contributed by atoms with van der Waals surface area (Å²) >= 11 is 0. The molecule has 3 N–H and O–H groups in total. The molecule has 3 aromatic heterocycles. The highest BCUT2D eigenvalue weighted by atomic mass is 19.4. The van der Waals surface area contributed by atoms with Crippen LogP contribution in [0, 0.1) is 5.92 Å². The van der Waals surface area contributed by atoms with Gasteiger partial charge in [0, 0.05) is 48.7 Å². The number of alkyl halides is 5. The molecule has 0 aromatic carbocycles. The lowest BCUT2D eigenvalue weighted by Crippen LogP contribution is -2.35. The van der Waals surface area contributed by atoms with Gasteiger partial charge in [0.25, 0.3) is 5.91 Å². The summed E-state index contributed by atoms with van der Waals surface area (Å²) in [4.78, 5) is 40.4. The van der Waals surface area contributed by atoms with Crippen molar-refractivity contribution in [3.63, 3.8) is 0 Å². The maximum Gasteiger partial charge on any atom is 0.391 e. The van der Waals surface area contributed by atoms with Crippen LogP contribution < -0.4 is 11.2 Å². The van der Waals surface area contributed by atoms with Gasteiger partial charge < -0.3 is 10.7 Å². The van der Waals surface area contributed by atoms with E-state index in [4.69, 9.17) is 5.73 Å². The second-order valence-corrected chi connectivity index (χ2v) is 9.57. The third kappa shape index (κ3) is 4.44. The molecule has 0 spiro atoms. The molecule has 0 unspecified atom stereocenters. The van der Waals surface area contributed by atoms with Crippen molar-refractivity contribution in [2.45, 2.75) is 62.5 Å². The zero-order chi connectivity index (χ0) is 25.8. The SMILES string of the molecule is NC(=O)c1nccc2[nH]c(-c3cnc(C4CC(F)(F)C4)nc3C3CCC(C(F)(F)F)CC3)cc(=O)c12. The summed E-state index contributed by atoms with van der Waals surface area (Å²) in [5.74, 6) is -5.73. The zero-order valence-electron chi connectivity index (χ0n) is 18.9. The number of carbonyl (C=O) groups is 1. The molecule has 0 radical (unpaired) electrons. The van der Waals surface area contributed by atoms with Crippen LogP contribution in [0.5, 0.6) is 0 Å². The van der Waals surface area contributed by atoms with Crippen molar-refractivity contribution >= 4 is 16.8 Å². The van der Waals surface area contributed by atoms with E-state index in [1.165, 1.54) is 24.5 Å². The van der Waals surface area contributed by atoms with E-state index in [-0.39, 0.29) is 66.9 Å². The second-order valence-electron chi connectivity index (χ2n) is 9.57. The number of H-pyrrole nitrogens is 1. The molecular formula is C24H22F5N5O2. The Labute approximate surface area is 201 Å². The van der Waals surface area contributed by atoms with Crippen molar-refractivity contribution in [3.8, 4) is 11.3 Å². The van der Waals surface area contributed by atoms with Crippen LogP contribution in [0.1, 0.15) is 72.4 Å². The number of amides is 1. The van der Waals surface area contributed by atoms with E-state index >= 15 is 0 Å². The fourth-order valence-electron chi connectivity index (χ4n) is 5.19. The second kappa shape index (κ2) is 8.59. The average molecular weight is 507 g/mol. The van der Waals surface area contributed by atoms with E-state index < -0.39 is 35.3 Å². The number of halogens is 5. The number of hydrogen-bond acceptors (Lipinski definition) is 5. The van der Waals surface area contributed by atoms with E-state index in [0.717, 1.165) is 0 Å². The third-order valence-corrected chi connectivity index (χ3v) is 7.13. The summed E-state index contributed by atoms with van der Waals surface area (Å²) in [6, 6.07) is 2.73. The van der Waals surface area contributed by atoms with Gasteiger partial charge in [0.2, 0.25) is 5.92 Å². The van der Waals surface area contributed by atoms with Crippen molar-refractivity contribution in [1.29, 1.82) is 0 Å². The number of pyridine rings is 2. The number of nitrogens with zero attached hydrogens (tertiary/aromatic N) is 3. The van der Waals surface area contributed by atoms with Crippen LogP contribution >= 0.6 is 0 Å². The molecule has 0 atom stereocenters. The zero-order valence-corrected chi connectivity index (χ0v) is 18.9. The van der Waals surface area contributed by atoms with Gasteiger partial charge >= 0.3 is 6.18 Å². The Morgan fingerprint density at radius 2 is 1.78 bits per heavy atom. The van der Waals surface area contributed by atoms with Crippen molar-refractivity contribution in [2.24, 2.45) is 11.7 Å². The molecule has 2 aliphatic carbocycles. The Kier molecular flexibility index (Phi) is 5.79. The Hall–Kier alpha value is -3.44. The van der Waals surface area contributed by atoms with Crippen LogP contribution in [0.25, 0.3) is 22.2 Å². The fourth-order valence-corrected chi connectivity index (χ4v) is 5.19. The topological polar surface area (TPSA) is 115 Å². The fraction of sp³-hybridized carbons (Fsp3) is 0.458. The van der Waals surface area contributed by atoms with Crippen LogP contribution in [0.15, 0.2) is 29.3 Å². The van der Waals surface area contributed by atoms with Crippen molar-refractivity contribution in [1.82, 2.24) is 19.9 Å². The number of nitrogens with one attached hydrogen (secondary N) is 1. The largest absolute Gasteiger partial charge is 0.391 e. The molecule has 0 saturated heterocycles. The summed E-state index contributed by atoms with van der Waals surface area (Å²) in [6.45, 7) is 0. The number of primary amides is 1. The molecule has 2 aliphatic rings. The molecule has 36 heavy (non-hydrogen) atoms. The van der Waals surface area contributed by atoms with Crippen molar-refractivity contribution in [2.75, 3.05) is 0 Å². The Morgan fingerprint density at radius 3 is 2.39 bits per heavy atom. The minimum Gasteiger partial charge on any atom is -0.364 e. The summed E-state index contributed by atoms with van der Waals surface area (Å²) in [7, 11) is 0. The summed E-state index contributed by atoms with van der Waals surface area (Å²) in [5, 5.41) is 0.00947. The molecule has 0 bridgehead atoms. The normalized spacial score (nSPS) is 22.4. The number of nitrogens with two attached hydrogens (primary N) is 1. The molecule has 2 fully saturated rings. The molecular weight excluding hydrogens is 485 g/mol. The molecule has 7 nitrogen and oxygen atoms in total. The average Bonchev–Trinajstić information content (AvgIpc) is 2.81. The van der Waals surface area contributed by atoms with Gasteiger partial charge in [0.1, 0.15) is 11.5 Å². The number of hydrogen-bond donors (Lipinski definition) is 2. The molecule has 2 saturated carbocycles. The van der Waals surface area contributed by atoms with Gasteiger partial charge in [-0.1, -0.05) is 0 Å². The number of rotatable bonds is 4. The van der Waals surface area contributed by atoms with Crippen LogP contribution in [-0.4, -0.2) is 37.9 Å². The van der Waals surface area contributed by atoms with E-state index in [2.05, 4.69) is 19.9 Å². The first kappa shape index (κ1) is 24.3. The minimum atomic E-state index is -4.28. The number of aromatic nitrogens is 4. The minimum absolute atomic E-state index is 0.00947. The first-order valence-electron chi connectivity index (χ1n) is 11.6. The van der Waals surface area contributed by atoms with E-state index in [9.17, 15) is 31.5 Å². The lowest BCUT2D eigenvalue weighted by molar-refractivity contribution is -0.182. The Bertz CT molecular complexity index is 1390. The first-order valence-corrected chi connectivity index (χ1v) is 11.6.